The minimum atomic E-state index is -3.69. The molecule has 1 fully saturated rings. The molecule has 1 saturated heterocycles. The molecule has 1 heterocycles. The van der Waals surface area contributed by atoms with Gasteiger partial charge in [0.1, 0.15) is 5.75 Å². The van der Waals surface area contributed by atoms with Crippen LogP contribution in [0.4, 0.5) is 0 Å². The molecule has 9 heteroatoms. The van der Waals surface area contributed by atoms with Gasteiger partial charge in [-0.2, -0.15) is 4.31 Å². The SMILES string of the molecule is COc1ccc(S(=O)(=O)N2CCC(C(=O)Oc3ccc(Br)cc3)CC2)cc1OC. The lowest BCUT2D eigenvalue weighted by atomic mass is 9.98. The average molecular weight is 484 g/mol. The van der Waals surface area contributed by atoms with E-state index in [4.69, 9.17) is 14.2 Å². The monoisotopic (exact) mass is 483 g/mol. The third-order valence-corrected chi connectivity index (χ3v) is 7.24. The van der Waals surface area contributed by atoms with Crippen LogP contribution in [0.5, 0.6) is 17.2 Å². The molecule has 0 unspecified atom stereocenters. The van der Waals surface area contributed by atoms with Crippen LogP contribution in [0, 0.1) is 5.92 Å². The number of hydrogen-bond donors (Lipinski definition) is 0. The van der Waals surface area contributed by atoms with Crippen molar-refractivity contribution in [1.82, 2.24) is 4.31 Å². The summed E-state index contributed by atoms with van der Waals surface area (Å²) < 4.78 is 44.0. The largest absolute Gasteiger partial charge is 0.493 e. The third kappa shape index (κ3) is 4.91. The molecule has 0 aromatic heterocycles. The standard InChI is InChI=1S/C20H22BrNO6S/c1-26-18-8-7-17(13-19(18)27-2)29(24,25)22-11-9-14(10-12-22)20(23)28-16-5-3-15(21)4-6-16/h3-8,13-14H,9-12H2,1-2H3. The van der Waals surface area contributed by atoms with Gasteiger partial charge in [-0.15, -0.1) is 0 Å². The fourth-order valence-electron chi connectivity index (χ4n) is 3.16. The third-order valence-electron chi connectivity index (χ3n) is 4.81. The Morgan fingerprint density at radius 2 is 1.62 bits per heavy atom. The maximum atomic E-state index is 13.0. The molecule has 0 atom stereocenters. The number of rotatable bonds is 6. The number of piperidine rings is 1. The van der Waals surface area contributed by atoms with Crippen molar-refractivity contribution in [2.45, 2.75) is 17.7 Å². The number of ether oxygens (including phenoxy) is 3. The van der Waals surface area contributed by atoms with Gasteiger partial charge in [0.25, 0.3) is 0 Å². The molecule has 0 aliphatic carbocycles. The Morgan fingerprint density at radius 1 is 1.00 bits per heavy atom. The summed E-state index contributed by atoms with van der Waals surface area (Å²) in [6.07, 6.45) is 0.809. The van der Waals surface area contributed by atoms with Gasteiger partial charge in [-0.1, -0.05) is 15.9 Å². The highest BCUT2D eigenvalue weighted by atomic mass is 79.9. The molecule has 1 aliphatic rings. The van der Waals surface area contributed by atoms with Gasteiger partial charge in [-0.3, -0.25) is 4.79 Å². The van der Waals surface area contributed by atoms with Crippen molar-refractivity contribution in [2.24, 2.45) is 5.92 Å². The highest BCUT2D eigenvalue weighted by Crippen LogP contribution is 2.32. The van der Waals surface area contributed by atoms with E-state index < -0.39 is 10.0 Å². The van der Waals surface area contributed by atoms with Gasteiger partial charge in [0, 0.05) is 23.6 Å². The van der Waals surface area contributed by atoms with Gasteiger partial charge < -0.3 is 14.2 Å². The molecule has 7 nitrogen and oxygen atoms in total. The molecular formula is C20H22BrNO6S. The maximum Gasteiger partial charge on any atom is 0.314 e. The van der Waals surface area contributed by atoms with Crippen LogP contribution < -0.4 is 14.2 Å². The van der Waals surface area contributed by atoms with Crippen LogP contribution in [0.25, 0.3) is 0 Å². The number of hydrogen-bond acceptors (Lipinski definition) is 6. The number of halogens is 1. The number of carbonyl (C=O) groups excluding carboxylic acids is 1. The average Bonchev–Trinajstić information content (AvgIpc) is 2.74. The highest BCUT2D eigenvalue weighted by Gasteiger charge is 2.33. The Morgan fingerprint density at radius 3 is 2.21 bits per heavy atom. The van der Waals surface area contributed by atoms with Crippen molar-refractivity contribution < 1.29 is 27.4 Å². The minimum absolute atomic E-state index is 0.131. The molecule has 2 aromatic rings. The Balaban J connectivity index is 1.65. The predicted octanol–water partition coefficient (Wildman–Crippen LogP) is 3.47. The van der Waals surface area contributed by atoms with E-state index in [1.54, 1.807) is 30.3 Å². The van der Waals surface area contributed by atoms with Crippen LogP contribution in [-0.2, 0) is 14.8 Å². The molecule has 29 heavy (non-hydrogen) atoms. The second-order valence-corrected chi connectivity index (χ2v) is 9.42. The van der Waals surface area contributed by atoms with Crippen molar-refractivity contribution in [3.63, 3.8) is 0 Å². The van der Waals surface area contributed by atoms with Crippen molar-refractivity contribution in [3.05, 3.63) is 46.9 Å². The first-order valence-corrected chi connectivity index (χ1v) is 11.3. The number of nitrogens with zero attached hydrogens (tertiary/aromatic N) is 1. The summed E-state index contributed by atoms with van der Waals surface area (Å²) in [4.78, 5) is 12.5. The first-order chi connectivity index (χ1) is 13.8. The Hall–Kier alpha value is -2.10. The summed E-state index contributed by atoms with van der Waals surface area (Å²) in [5, 5.41) is 0. The molecule has 0 bridgehead atoms. The summed E-state index contributed by atoms with van der Waals surface area (Å²) in [7, 11) is -0.747. The lowest BCUT2D eigenvalue weighted by Crippen LogP contribution is -2.41. The van der Waals surface area contributed by atoms with Crippen molar-refractivity contribution >= 4 is 31.9 Å². The molecule has 0 saturated carbocycles. The first kappa shape index (κ1) is 21.6. The van der Waals surface area contributed by atoms with Crippen molar-refractivity contribution in [2.75, 3.05) is 27.3 Å². The van der Waals surface area contributed by atoms with Gasteiger partial charge in [0.2, 0.25) is 10.0 Å². The molecule has 156 valence electrons. The summed E-state index contributed by atoms with van der Waals surface area (Å²) >= 11 is 3.33. The second kappa shape index (κ2) is 9.15. The van der Waals surface area contributed by atoms with Gasteiger partial charge >= 0.3 is 5.97 Å². The van der Waals surface area contributed by atoms with Gasteiger partial charge in [0.15, 0.2) is 11.5 Å². The van der Waals surface area contributed by atoms with E-state index in [9.17, 15) is 13.2 Å². The van der Waals surface area contributed by atoms with E-state index in [1.807, 2.05) is 0 Å². The highest BCUT2D eigenvalue weighted by molar-refractivity contribution is 9.10. The van der Waals surface area contributed by atoms with Crippen LogP contribution in [0.15, 0.2) is 51.8 Å². The van der Waals surface area contributed by atoms with Crippen LogP contribution in [-0.4, -0.2) is 46.0 Å². The van der Waals surface area contributed by atoms with E-state index in [-0.39, 0.29) is 29.9 Å². The van der Waals surface area contributed by atoms with Crippen LogP contribution in [0.3, 0.4) is 0 Å². The predicted molar refractivity (Wildman–Crippen MR) is 111 cm³/mol. The molecule has 3 rings (SSSR count). The van der Waals surface area contributed by atoms with Crippen LogP contribution in [0.1, 0.15) is 12.8 Å². The van der Waals surface area contributed by atoms with Gasteiger partial charge in [0.05, 0.1) is 25.0 Å². The summed E-state index contributed by atoms with van der Waals surface area (Å²) in [5.74, 6) is 0.604. The minimum Gasteiger partial charge on any atom is -0.493 e. The summed E-state index contributed by atoms with van der Waals surface area (Å²) in [6, 6.07) is 11.5. The molecule has 0 N–H and O–H groups in total. The van der Waals surface area contributed by atoms with Crippen molar-refractivity contribution in [3.8, 4) is 17.2 Å². The Labute approximate surface area is 178 Å². The quantitative estimate of drug-likeness (QED) is 0.462. The summed E-state index contributed by atoms with van der Waals surface area (Å²) in [6.45, 7) is 0.494. The van der Waals surface area contributed by atoms with E-state index in [0.717, 1.165) is 4.47 Å². The molecule has 2 aromatic carbocycles. The molecule has 1 aliphatic heterocycles. The zero-order valence-corrected chi connectivity index (χ0v) is 18.5. The van der Waals surface area contributed by atoms with Gasteiger partial charge in [-0.25, -0.2) is 8.42 Å². The zero-order chi connectivity index (χ0) is 21.0. The smallest absolute Gasteiger partial charge is 0.314 e. The van der Waals surface area contributed by atoms with E-state index >= 15 is 0 Å². The molecular weight excluding hydrogens is 462 g/mol. The molecule has 0 spiro atoms. The lowest BCUT2D eigenvalue weighted by Gasteiger charge is -2.30. The Kier molecular flexibility index (Phi) is 6.81. The topological polar surface area (TPSA) is 82.1 Å². The number of esters is 1. The fourth-order valence-corrected chi connectivity index (χ4v) is 4.91. The zero-order valence-electron chi connectivity index (χ0n) is 16.1. The van der Waals surface area contributed by atoms with E-state index in [2.05, 4.69) is 15.9 Å². The van der Waals surface area contributed by atoms with E-state index in [0.29, 0.717) is 30.1 Å². The second-order valence-electron chi connectivity index (χ2n) is 6.57. The fraction of sp³-hybridized carbons (Fsp3) is 0.350. The van der Waals surface area contributed by atoms with E-state index in [1.165, 1.54) is 30.7 Å². The Bertz CT molecular complexity index is 969. The summed E-state index contributed by atoms with van der Waals surface area (Å²) in [5.41, 5.74) is 0. The number of methoxy groups -OCH3 is 2. The number of carbonyl (C=O) groups is 1. The molecule has 0 amide bonds. The van der Waals surface area contributed by atoms with Crippen LogP contribution in [0.2, 0.25) is 0 Å². The lowest BCUT2D eigenvalue weighted by molar-refractivity contribution is -0.140. The maximum absolute atomic E-state index is 13.0. The first-order valence-electron chi connectivity index (χ1n) is 9.04. The van der Waals surface area contributed by atoms with Crippen LogP contribution >= 0.6 is 15.9 Å². The molecule has 0 radical (unpaired) electrons. The van der Waals surface area contributed by atoms with Gasteiger partial charge in [-0.05, 0) is 49.2 Å². The van der Waals surface area contributed by atoms with Crippen molar-refractivity contribution in [1.29, 1.82) is 0 Å². The normalized spacial score (nSPS) is 15.7. The number of sulfonamides is 1. The number of benzene rings is 2.